The number of aromatic nitrogens is 3. The predicted molar refractivity (Wildman–Crippen MR) is 112 cm³/mol. The van der Waals surface area contributed by atoms with E-state index in [9.17, 15) is 13.6 Å². The molecule has 154 valence electrons. The Balaban J connectivity index is 1.65. The molecule has 1 N–H and O–H groups in total. The zero-order valence-corrected chi connectivity index (χ0v) is 17.3. The van der Waals surface area contributed by atoms with Crippen molar-refractivity contribution in [3.63, 3.8) is 0 Å². The average Bonchev–Trinajstić information content (AvgIpc) is 3.12. The Hall–Kier alpha value is -3.20. The van der Waals surface area contributed by atoms with Gasteiger partial charge in [-0.05, 0) is 49.7 Å². The van der Waals surface area contributed by atoms with Gasteiger partial charge in [-0.2, -0.15) is 0 Å². The number of ether oxygens (including phenoxy) is 1. The van der Waals surface area contributed by atoms with Gasteiger partial charge in [-0.25, -0.2) is 8.78 Å². The first-order valence-electron chi connectivity index (χ1n) is 9.12. The molecule has 0 fully saturated rings. The largest absolute Gasteiger partial charge is 0.497 e. The van der Waals surface area contributed by atoms with Crippen molar-refractivity contribution in [1.29, 1.82) is 0 Å². The van der Waals surface area contributed by atoms with Crippen molar-refractivity contribution in [2.24, 2.45) is 0 Å². The highest BCUT2D eigenvalue weighted by molar-refractivity contribution is 8.00. The van der Waals surface area contributed by atoms with E-state index in [0.29, 0.717) is 16.6 Å². The minimum Gasteiger partial charge on any atom is -0.497 e. The number of hydrogen-bond acceptors (Lipinski definition) is 5. The third-order valence-electron chi connectivity index (χ3n) is 4.71. The van der Waals surface area contributed by atoms with Gasteiger partial charge < -0.3 is 10.1 Å². The minimum atomic E-state index is -1.02. The second-order valence-electron chi connectivity index (χ2n) is 6.76. The van der Waals surface area contributed by atoms with Crippen molar-refractivity contribution in [2.75, 3.05) is 12.4 Å². The van der Waals surface area contributed by atoms with Crippen molar-refractivity contribution >= 4 is 39.9 Å². The van der Waals surface area contributed by atoms with E-state index < -0.39 is 16.9 Å². The lowest BCUT2D eigenvalue weighted by atomic mass is 10.1. The number of pyridine rings is 1. The fourth-order valence-corrected chi connectivity index (χ4v) is 4.00. The van der Waals surface area contributed by atoms with Gasteiger partial charge in [0.15, 0.2) is 22.4 Å². The molecule has 9 heteroatoms. The number of amides is 1. The summed E-state index contributed by atoms with van der Waals surface area (Å²) in [5, 5.41) is 12.1. The third kappa shape index (κ3) is 3.68. The Bertz CT molecular complexity index is 1280. The van der Waals surface area contributed by atoms with Gasteiger partial charge in [0, 0.05) is 23.2 Å². The van der Waals surface area contributed by atoms with Crippen molar-refractivity contribution in [3.8, 4) is 5.75 Å². The molecule has 2 aromatic carbocycles. The van der Waals surface area contributed by atoms with E-state index in [4.69, 9.17) is 4.74 Å². The molecule has 0 aliphatic heterocycles. The fraction of sp³-hybridized carbons (Fsp3) is 0.190. The zero-order valence-electron chi connectivity index (χ0n) is 16.4. The van der Waals surface area contributed by atoms with Crippen LogP contribution in [0, 0.1) is 18.6 Å². The number of hydrogen-bond donors (Lipinski definition) is 1. The van der Waals surface area contributed by atoms with Crippen molar-refractivity contribution in [1.82, 2.24) is 14.6 Å². The molecule has 6 nitrogen and oxygen atoms in total. The Morgan fingerprint density at radius 1 is 1.13 bits per heavy atom. The van der Waals surface area contributed by atoms with Gasteiger partial charge in [0.1, 0.15) is 5.75 Å². The zero-order chi connectivity index (χ0) is 21.4. The van der Waals surface area contributed by atoms with Crippen molar-refractivity contribution in [2.45, 2.75) is 24.3 Å². The van der Waals surface area contributed by atoms with Crippen LogP contribution in [0.3, 0.4) is 0 Å². The lowest BCUT2D eigenvalue weighted by Crippen LogP contribution is -2.22. The summed E-state index contributed by atoms with van der Waals surface area (Å²) in [6.45, 7) is 3.70. The van der Waals surface area contributed by atoms with Crippen LogP contribution in [0.2, 0.25) is 0 Å². The first-order valence-corrected chi connectivity index (χ1v) is 10.0. The number of nitrogens with zero attached hydrogens (tertiary/aromatic N) is 3. The maximum Gasteiger partial charge on any atom is 0.237 e. The third-order valence-corrected chi connectivity index (χ3v) is 5.76. The molecule has 0 saturated heterocycles. The lowest BCUT2D eigenvalue weighted by Gasteiger charge is -2.13. The van der Waals surface area contributed by atoms with Gasteiger partial charge in [-0.15, -0.1) is 10.2 Å². The molecule has 0 saturated carbocycles. The number of halogens is 2. The summed E-state index contributed by atoms with van der Waals surface area (Å²) in [6, 6.07) is 10.9. The molecule has 1 amide bonds. The number of carbonyl (C=O) groups excluding carboxylic acids is 1. The number of fused-ring (bicyclic) bond motifs is 3. The molecule has 0 radical (unpaired) electrons. The van der Waals surface area contributed by atoms with Crippen molar-refractivity contribution < 1.29 is 18.3 Å². The van der Waals surface area contributed by atoms with Crippen LogP contribution in [0.5, 0.6) is 5.75 Å². The summed E-state index contributed by atoms with van der Waals surface area (Å²) >= 11 is 1.22. The lowest BCUT2D eigenvalue weighted by molar-refractivity contribution is -0.115. The summed E-state index contributed by atoms with van der Waals surface area (Å²) in [6.07, 6.45) is 0. The van der Waals surface area contributed by atoms with Crippen LogP contribution < -0.4 is 10.1 Å². The molecule has 0 bridgehead atoms. The Morgan fingerprint density at radius 3 is 2.67 bits per heavy atom. The highest BCUT2D eigenvalue weighted by Gasteiger charge is 2.20. The molecule has 0 aliphatic rings. The van der Waals surface area contributed by atoms with Crippen LogP contribution in [0.1, 0.15) is 12.5 Å². The summed E-state index contributed by atoms with van der Waals surface area (Å²) in [5.41, 5.74) is 2.76. The van der Waals surface area contributed by atoms with Gasteiger partial charge >= 0.3 is 0 Å². The topological polar surface area (TPSA) is 68.5 Å². The Kier molecular flexibility index (Phi) is 5.29. The van der Waals surface area contributed by atoms with E-state index in [1.165, 1.54) is 17.8 Å². The van der Waals surface area contributed by atoms with E-state index in [1.807, 2.05) is 35.6 Å². The highest BCUT2D eigenvalue weighted by atomic mass is 32.2. The maximum atomic E-state index is 13.4. The Morgan fingerprint density at radius 2 is 1.93 bits per heavy atom. The molecule has 2 aromatic heterocycles. The molecule has 0 spiro atoms. The molecule has 1 atom stereocenters. The van der Waals surface area contributed by atoms with E-state index in [-0.39, 0.29) is 11.6 Å². The van der Waals surface area contributed by atoms with E-state index in [0.717, 1.165) is 28.6 Å². The number of anilines is 1. The van der Waals surface area contributed by atoms with Crippen LogP contribution in [0.15, 0.2) is 47.6 Å². The monoisotopic (exact) mass is 428 g/mol. The number of benzene rings is 2. The first-order chi connectivity index (χ1) is 14.4. The number of rotatable bonds is 5. The quantitative estimate of drug-likeness (QED) is 0.471. The highest BCUT2D eigenvalue weighted by Crippen LogP contribution is 2.30. The summed E-state index contributed by atoms with van der Waals surface area (Å²) < 4.78 is 33.7. The summed E-state index contributed by atoms with van der Waals surface area (Å²) in [7, 11) is 1.60. The fourth-order valence-electron chi connectivity index (χ4n) is 3.14. The number of carbonyl (C=O) groups is 1. The van der Waals surface area contributed by atoms with Gasteiger partial charge in [0.05, 0.1) is 17.9 Å². The van der Waals surface area contributed by atoms with Crippen LogP contribution in [-0.4, -0.2) is 32.9 Å². The second kappa shape index (κ2) is 7.91. The smallest absolute Gasteiger partial charge is 0.237 e. The molecule has 4 aromatic rings. The summed E-state index contributed by atoms with van der Waals surface area (Å²) in [5.74, 6) is -1.66. The number of thioether (sulfide) groups is 1. The van der Waals surface area contributed by atoms with Crippen LogP contribution in [0.4, 0.5) is 14.5 Å². The molecule has 2 heterocycles. The molecule has 4 rings (SSSR count). The normalized spacial score (nSPS) is 12.3. The molecule has 1 unspecified atom stereocenters. The van der Waals surface area contributed by atoms with Crippen molar-refractivity contribution in [3.05, 3.63) is 59.7 Å². The molecular formula is C21H18F2N4O2S. The SMILES string of the molecule is COc1ccc2c(C)cc3nnc(SC(C)C(=O)Nc4ccc(F)c(F)c4)n3c2c1. The second-order valence-corrected chi connectivity index (χ2v) is 8.07. The first kappa shape index (κ1) is 20.1. The number of methoxy groups -OCH3 is 1. The molecule has 0 aliphatic carbocycles. The molecule has 30 heavy (non-hydrogen) atoms. The predicted octanol–water partition coefficient (Wildman–Crippen LogP) is 4.60. The molecular weight excluding hydrogens is 410 g/mol. The van der Waals surface area contributed by atoms with Crippen LogP contribution in [0.25, 0.3) is 16.6 Å². The van der Waals surface area contributed by atoms with Crippen LogP contribution in [-0.2, 0) is 4.79 Å². The van der Waals surface area contributed by atoms with Crippen LogP contribution >= 0.6 is 11.8 Å². The van der Waals surface area contributed by atoms with Gasteiger partial charge in [-0.3, -0.25) is 9.20 Å². The minimum absolute atomic E-state index is 0.184. The average molecular weight is 428 g/mol. The maximum absolute atomic E-state index is 13.4. The van der Waals surface area contributed by atoms with Gasteiger partial charge in [0.25, 0.3) is 0 Å². The summed E-state index contributed by atoms with van der Waals surface area (Å²) in [4.78, 5) is 12.6. The van der Waals surface area contributed by atoms with E-state index >= 15 is 0 Å². The Labute approximate surface area is 175 Å². The standard InChI is InChI=1S/C21H18F2N4O2S/c1-11-8-19-25-26-21(27(19)18-10-14(29-3)5-6-15(11)18)30-12(2)20(28)24-13-4-7-16(22)17(23)9-13/h4-10,12H,1-3H3,(H,24,28). The number of aryl methyl sites for hydroxylation is 1. The number of nitrogens with one attached hydrogen (secondary N) is 1. The van der Waals surface area contributed by atoms with Gasteiger partial charge in [0.2, 0.25) is 5.91 Å². The van der Waals surface area contributed by atoms with Gasteiger partial charge in [-0.1, -0.05) is 11.8 Å². The van der Waals surface area contributed by atoms with E-state index in [2.05, 4.69) is 15.5 Å². The van der Waals surface area contributed by atoms with E-state index in [1.54, 1.807) is 14.0 Å².